The summed E-state index contributed by atoms with van der Waals surface area (Å²) in [4.78, 5) is 4.38. The molecule has 84 valence electrons. The molecule has 15 heavy (non-hydrogen) atoms. The van der Waals surface area contributed by atoms with Crippen molar-refractivity contribution < 1.29 is 0 Å². The first-order valence-corrected chi connectivity index (χ1v) is 6.22. The molecule has 1 aromatic rings. The normalized spacial score (nSPS) is 14.0. The molecule has 0 radical (unpaired) electrons. The highest BCUT2D eigenvalue weighted by molar-refractivity contribution is 9.11. The Bertz CT molecular complexity index is 347. The van der Waals surface area contributed by atoms with Gasteiger partial charge in [-0.15, -0.1) is 0 Å². The van der Waals surface area contributed by atoms with Crippen LogP contribution in [0.3, 0.4) is 0 Å². The number of nitrogens with two attached hydrogens (primary N) is 1. The Morgan fingerprint density at radius 2 is 2.00 bits per heavy atom. The number of halogens is 2. The molecule has 0 amide bonds. The van der Waals surface area contributed by atoms with Gasteiger partial charge in [-0.05, 0) is 43.3 Å². The molecule has 0 saturated heterocycles. The second kappa shape index (κ2) is 4.91. The third-order valence-electron chi connectivity index (χ3n) is 2.14. The molecule has 0 aromatic carbocycles. The maximum absolute atomic E-state index is 5.58. The van der Waals surface area contributed by atoms with E-state index in [2.05, 4.69) is 63.0 Å². The van der Waals surface area contributed by atoms with E-state index in [4.69, 9.17) is 5.84 Å². The maximum atomic E-state index is 5.58. The lowest BCUT2D eigenvalue weighted by Gasteiger charge is -2.30. The Morgan fingerprint density at radius 1 is 1.40 bits per heavy atom. The largest absolute Gasteiger partial charge is 0.271 e. The van der Waals surface area contributed by atoms with Crippen LogP contribution in [0.2, 0.25) is 0 Å². The first-order chi connectivity index (χ1) is 6.86. The van der Waals surface area contributed by atoms with E-state index in [0.717, 1.165) is 14.6 Å². The number of aromatic nitrogens is 1. The van der Waals surface area contributed by atoms with Crippen LogP contribution in [-0.4, -0.2) is 4.98 Å². The predicted octanol–water partition coefficient (Wildman–Crippen LogP) is 3.16. The fraction of sp³-hybridized carbons (Fsp3) is 0.500. The Morgan fingerprint density at radius 3 is 2.40 bits per heavy atom. The highest BCUT2D eigenvalue weighted by atomic mass is 79.9. The lowest BCUT2D eigenvalue weighted by molar-refractivity contribution is 0.269. The SMILES string of the molecule is CC(C)(C)C(NN)c1ncc(Br)cc1Br. The molecular formula is C10H15Br2N3. The summed E-state index contributed by atoms with van der Waals surface area (Å²) in [5, 5.41) is 0. The molecule has 0 aliphatic carbocycles. The van der Waals surface area contributed by atoms with Crippen LogP contribution in [0.5, 0.6) is 0 Å². The van der Waals surface area contributed by atoms with Crippen LogP contribution in [0, 0.1) is 5.41 Å². The van der Waals surface area contributed by atoms with Gasteiger partial charge >= 0.3 is 0 Å². The number of rotatable bonds is 2. The van der Waals surface area contributed by atoms with Gasteiger partial charge in [-0.3, -0.25) is 16.3 Å². The van der Waals surface area contributed by atoms with Gasteiger partial charge in [-0.25, -0.2) is 0 Å². The van der Waals surface area contributed by atoms with Gasteiger partial charge in [-0.1, -0.05) is 20.8 Å². The average molecular weight is 337 g/mol. The Kier molecular flexibility index (Phi) is 4.29. The van der Waals surface area contributed by atoms with Crippen LogP contribution in [0.25, 0.3) is 0 Å². The summed E-state index contributed by atoms with van der Waals surface area (Å²) >= 11 is 6.87. The van der Waals surface area contributed by atoms with Crippen LogP contribution in [0.15, 0.2) is 21.2 Å². The number of hydrogen-bond acceptors (Lipinski definition) is 3. The number of pyridine rings is 1. The minimum atomic E-state index is 0.0120. The molecule has 0 aliphatic rings. The molecular weight excluding hydrogens is 322 g/mol. The number of nitrogens with one attached hydrogen (secondary N) is 1. The van der Waals surface area contributed by atoms with E-state index in [9.17, 15) is 0 Å². The Balaban J connectivity index is 3.13. The third-order valence-corrected chi connectivity index (χ3v) is 3.21. The van der Waals surface area contributed by atoms with Crippen molar-refractivity contribution in [3.8, 4) is 0 Å². The lowest BCUT2D eigenvalue weighted by atomic mass is 9.85. The minimum Gasteiger partial charge on any atom is -0.271 e. The summed E-state index contributed by atoms with van der Waals surface area (Å²) in [5.41, 5.74) is 3.75. The topological polar surface area (TPSA) is 50.9 Å². The molecule has 1 rings (SSSR count). The van der Waals surface area contributed by atoms with E-state index in [1.54, 1.807) is 6.20 Å². The van der Waals surface area contributed by atoms with Gasteiger partial charge in [-0.2, -0.15) is 0 Å². The van der Waals surface area contributed by atoms with Gasteiger partial charge in [0.05, 0.1) is 11.7 Å². The Hall–Kier alpha value is 0.0300. The van der Waals surface area contributed by atoms with Gasteiger partial charge in [0.2, 0.25) is 0 Å². The molecule has 1 aromatic heterocycles. The summed E-state index contributed by atoms with van der Waals surface area (Å²) in [5.74, 6) is 5.58. The molecule has 0 spiro atoms. The van der Waals surface area contributed by atoms with Crippen molar-refractivity contribution in [2.45, 2.75) is 26.8 Å². The fourth-order valence-corrected chi connectivity index (χ4v) is 2.59. The van der Waals surface area contributed by atoms with Crippen molar-refractivity contribution in [1.29, 1.82) is 0 Å². The minimum absolute atomic E-state index is 0.0120. The van der Waals surface area contributed by atoms with E-state index in [-0.39, 0.29) is 11.5 Å². The summed E-state index contributed by atoms with van der Waals surface area (Å²) in [6.07, 6.45) is 1.77. The second-order valence-corrected chi connectivity index (χ2v) is 6.26. The van der Waals surface area contributed by atoms with Crippen LogP contribution in [0.1, 0.15) is 32.5 Å². The van der Waals surface area contributed by atoms with Gasteiger partial charge in [0.25, 0.3) is 0 Å². The Labute approximate surface area is 107 Å². The van der Waals surface area contributed by atoms with Gasteiger partial charge in [0.15, 0.2) is 0 Å². The van der Waals surface area contributed by atoms with Crippen molar-refractivity contribution in [2.24, 2.45) is 11.3 Å². The molecule has 1 unspecified atom stereocenters. The lowest BCUT2D eigenvalue weighted by Crippen LogP contribution is -2.37. The molecule has 1 heterocycles. The highest BCUT2D eigenvalue weighted by Crippen LogP contribution is 2.35. The van der Waals surface area contributed by atoms with Gasteiger partial charge in [0.1, 0.15) is 0 Å². The highest BCUT2D eigenvalue weighted by Gasteiger charge is 2.27. The van der Waals surface area contributed by atoms with Crippen LogP contribution < -0.4 is 11.3 Å². The van der Waals surface area contributed by atoms with Crippen LogP contribution >= 0.6 is 31.9 Å². The van der Waals surface area contributed by atoms with Crippen molar-refractivity contribution in [1.82, 2.24) is 10.4 Å². The van der Waals surface area contributed by atoms with Crippen molar-refractivity contribution >= 4 is 31.9 Å². The molecule has 3 nitrogen and oxygen atoms in total. The summed E-state index contributed by atoms with van der Waals surface area (Å²) < 4.78 is 1.90. The van der Waals surface area contributed by atoms with E-state index >= 15 is 0 Å². The fourth-order valence-electron chi connectivity index (χ4n) is 1.38. The number of hydrogen-bond donors (Lipinski definition) is 2. The van der Waals surface area contributed by atoms with E-state index < -0.39 is 0 Å². The summed E-state index contributed by atoms with van der Waals surface area (Å²) in [7, 11) is 0. The van der Waals surface area contributed by atoms with Crippen molar-refractivity contribution in [2.75, 3.05) is 0 Å². The second-order valence-electron chi connectivity index (χ2n) is 4.49. The van der Waals surface area contributed by atoms with Crippen molar-refractivity contribution in [3.63, 3.8) is 0 Å². The predicted molar refractivity (Wildman–Crippen MR) is 69.2 cm³/mol. The molecule has 0 saturated carbocycles. The van der Waals surface area contributed by atoms with E-state index in [1.807, 2.05) is 6.07 Å². The first-order valence-electron chi connectivity index (χ1n) is 4.63. The maximum Gasteiger partial charge on any atom is 0.0734 e. The molecule has 0 fully saturated rings. The molecule has 5 heteroatoms. The van der Waals surface area contributed by atoms with Gasteiger partial charge < -0.3 is 0 Å². The summed E-state index contributed by atoms with van der Waals surface area (Å²) in [6, 6.07) is 1.98. The van der Waals surface area contributed by atoms with Crippen molar-refractivity contribution in [3.05, 3.63) is 26.9 Å². The number of nitrogens with zero attached hydrogens (tertiary/aromatic N) is 1. The zero-order valence-electron chi connectivity index (χ0n) is 9.01. The van der Waals surface area contributed by atoms with Gasteiger partial charge in [0, 0.05) is 15.1 Å². The monoisotopic (exact) mass is 335 g/mol. The molecule has 0 bridgehead atoms. The smallest absolute Gasteiger partial charge is 0.0734 e. The van der Waals surface area contributed by atoms with Crippen LogP contribution in [0.4, 0.5) is 0 Å². The number of hydrazine groups is 1. The van der Waals surface area contributed by atoms with Crippen LogP contribution in [-0.2, 0) is 0 Å². The zero-order valence-corrected chi connectivity index (χ0v) is 12.2. The third kappa shape index (κ3) is 3.24. The summed E-state index contributed by atoms with van der Waals surface area (Å²) in [6.45, 7) is 6.36. The van der Waals surface area contributed by atoms with E-state index in [1.165, 1.54) is 0 Å². The quantitative estimate of drug-likeness (QED) is 0.644. The molecule has 1 atom stereocenters. The average Bonchev–Trinajstić information content (AvgIpc) is 2.07. The molecule has 0 aliphatic heterocycles. The van der Waals surface area contributed by atoms with E-state index in [0.29, 0.717) is 0 Å². The standard InChI is InChI=1S/C10H15Br2N3/c1-10(2,3)9(15-13)8-7(12)4-6(11)5-14-8/h4-5,9,15H,13H2,1-3H3. The first kappa shape index (κ1) is 13.1. The zero-order chi connectivity index (χ0) is 11.6. The molecule has 3 N–H and O–H groups in total.